The van der Waals surface area contributed by atoms with Crippen molar-refractivity contribution in [2.24, 2.45) is 4.99 Å². The van der Waals surface area contributed by atoms with E-state index < -0.39 is 0 Å². The van der Waals surface area contributed by atoms with Crippen LogP contribution in [0.2, 0.25) is 0 Å². The molecule has 1 amide bonds. The maximum absolute atomic E-state index is 11.1. The number of nitrogens with one attached hydrogen (secondary N) is 3. The van der Waals surface area contributed by atoms with Crippen LogP contribution < -0.4 is 16.0 Å². The molecule has 27 heavy (non-hydrogen) atoms. The molecular formula is C20H29N5O2. The van der Waals surface area contributed by atoms with Crippen molar-refractivity contribution < 1.29 is 9.32 Å². The first-order valence-electron chi connectivity index (χ1n) is 9.34. The summed E-state index contributed by atoms with van der Waals surface area (Å²) in [6.07, 6.45) is 2.53. The van der Waals surface area contributed by atoms with Gasteiger partial charge in [-0.25, -0.2) is 0 Å². The van der Waals surface area contributed by atoms with Gasteiger partial charge < -0.3 is 20.5 Å². The number of amides is 1. The second-order valence-electron chi connectivity index (χ2n) is 6.22. The van der Waals surface area contributed by atoms with E-state index in [1.807, 2.05) is 24.3 Å². The number of benzene rings is 1. The minimum absolute atomic E-state index is 0.0652. The molecule has 0 fully saturated rings. The second-order valence-corrected chi connectivity index (χ2v) is 6.22. The molecule has 0 aliphatic heterocycles. The van der Waals surface area contributed by atoms with Crippen LogP contribution in [0, 0.1) is 0 Å². The Kier molecular flexibility index (Phi) is 7.85. The van der Waals surface area contributed by atoms with Crippen molar-refractivity contribution in [2.75, 3.05) is 18.9 Å². The summed E-state index contributed by atoms with van der Waals surface area (Å²) in [5, 5.41) is 13.6. The van der Waals surface area contributed by atoms with Gasteiger partial charge in [-0.3, -0.25) is 9.79 Å². The first-order chi connectivity index (χ1) is 13.1. The average molecular weight is 371 g/mol. The topological polar surface area (TPSA) is 91.6 Å². The van der Waals surface area contributed by atoms with E-state index >= 15 is 0 Å². The first kappa shape index (κ1) is 20.5. The van der Waals surface area contributed by atoms with E-state index in [1.165, 1.54) is 12.5 Å². The smallest absolute Gasteiger partial charge is 0.221 e. The summed E-state index contributed by atoms with van der Waals surface area (Å²) >= 11 is 0. The monoisotopic (exact) mass is 371 g/mol. The molecule has 0 aliphatic carbocycles. The van der Waals surface area contributed by atoms with Crippen molar-refractivity contribution >= 4 is 17.6 Å². The Hall–Kier alpha value is -2.83. The molecule has 0 spiro atoms. The lowest BCUT2D eigenvalue weighted by Crippen LogP contribution is -2.38. The zero-order chi connectivity index (χ0) is 19.6. The highest BCUT2D eigenvalue weighted by Crippen LogP contribution is 2.15. The number of carbonyl (C=O) groups excluding carboxylic acids is 1. The molecular weight excluding hydrogens is 342 g/mol. The Morgan fingerprint density at radius 2 is 1.89 bits per heavy atom. The van der Waals surface area contributed by atoms with Gasteiger partial charge in [-0.2, -0.15) is 0 Å². The fourth-order valence-corrected chi connectivity index (χ4v) is 2.81. The fraction of sp³-hybridized carbons (Fsp3) is 0.450. The molecule has 0 radical (unpaired) electrons. The van der Waals surface area contributed by atoms with Crippen molar-refractivity contribution in [1.29, 1.82) is 0 Å². The van der Waals surface area contributed by atoms with Crippen LogP contribution in [0.1, 0.15) is 43.4 Å². The van der Waals surface area contributed by atoms with Gasteiger partial charge in [0.15, 0.2) is 5.96 Å². The SMILES string of the molecule is CCc1noc(CC)c1CNC(=NC)NCCc1ccc(NC(C)=O)cc1. The summed E-state index contributed by atoms with van der Waals surface area (Å²) in [5.74, 6) is 1.61. The predicted octanol–water partition coefficient (Wildman–Crippen LogP) is 2.67. The zero-order valence-corrected chi connectivity index (χ0v) is 16.6. The van der Waals surface area contributed by atoms with Crippen molar-refractivity contribution in [1.82, 2.24) is 15.8 Å². The summed E-state index contributed by atoms with van der Waals surface area (Å²) in [5.41, 5.74) is 4.11. The Bertz CT molecular complexity index is 744. The molecule has 2 rings (SSSR count). The Balaban J connectivity index is 1.82. The lowest BCUT2D eigenvalue weighted by molar-refractivity contribution is -0.114. The predicted molar refractivity (Wildman–Crippen MR) is 108 cm³/mol. The molecule has 7 nitrogen and oxygen atoms in total. The molecule has 0 unspecified atom stereocenters. The van der Waals surface area contributed by atoms with Crippen molar-refractivity contribution in [3.63, 3.8) is 0 Å². The molecule has 2 aromatic rings. The summed E-state index contributed by atoms with van der Waals surface area (Å²) in [4.78, 5) is 15.3. The van der Waals surface area contributed by atoms with Crippen LogP contribution in [0.25, 0.3) is 0 Å². The third-order valence-corrected chi connectivity index (χ3v) is 4.24. The van der Waals surface area contributed by atoms with Crippen LogP contribution in [-0.2, 0) is 30.6 Å². The highest BCUT2D eigenvalue weighted by Gasteiger charge is 2.13. The Morgan fingerprint density at radius 3 is 2.48 bits per heavy atom. The number of aromatic nitrogens is 1. The number of guanidine groups is 1. The second kappa shape index (κ2) is 10.4. The highest BCUT2D eigenvalue weighted by molar-refractivity contribution is 5.88. The number of carbonyl (C=O) groups is 1. The van der Waals surface area contributed by atoms with Crippen LogP contribution in [-0.4, -0.2) is 30.6 Å². The van der Waals surface area contributed by atoms with Crippen LogP contribution in [0.15, 0.2) is 33.8 Å². The molecule has 146 valence electrons. The van der Waals surface area contributed by atoms with Gasteiger partial charge in [0.05, 0.1) is 5.69 Å². The molecule has 1 heterocycles. The van der Waals surface area contributed by atoms with Crippen LogP contribution >= 0.6 is 0 Å². The van der Waals surface area contributed by atoms with E-state index in [-0.39, 0.29) is 5.91 Å². The molecule has 7 heteroatoms. The van der Waals surface area contributed by atoms with Gasteiger partial charge in [0.25, 0.3) is 0 Å². The highest BCUT2D eigenvalue weighted by atomic mass is 16.5. The largest absolute Gasteiger partial charge is 0.361 e. The number of anilines is 1. The lowest BCUT2D eigenvalue weighted by Gasteiger charge is -2.12. The third-order valence-electron chi connectivity index (χ3n) is 4.24. The standard InChI is InChI=1S/C20H29N5O2/c1-5-18-17(19(6-2)27-25-18)13-23-20(21-4)22-12-11-15-7-9-16(10-8-15)24-14(3)26/h7-10H,5-6,11-13H2,1-4H3,(H,24,26)(H2,21,22,23). The number of rotatable bonds is 8. The van der Waals surface area contributed by atoms with E-state index in [0.717, 1.165) is 54.5 Å². The van der Waals surface area contributed by atoms with E-state index in [4.69, 9.17) is 4.52 Å². The normalized spacial score (nSPS) is 11.3. The van der Waals surface area contributed by atoms with Crippen LogP contribution in [0.3, 0.4) is 0 Å². The van der Waals surface area contributed by atoms with E-state index in [9.17, 15) is 4.79 Å². The lowest BCUT2D eigenvalue weighted by atomic mass is 10.1. The van der Waals surface area contributed by atoms with Gasteiger partial charge in [0.2, 0.25) is 5.91 Å². The van der Waals surface area contributed by atoms with Crippen LogP contribution in [0.5, 0.6) is 0 Å². The zero-order valence-electron chi connectivity index (χ0n) is 16.6. The summed E-state index contributed by atoms with van der Waals surface area (Å²) in [6.45, 7) is 7.03. The van der Waals surface area contributed by atoms with Gasteiger partial charge in [0, 0.05) is 44.7 Å². The minimum atomic E-state index is -0.0652. The molecule has 0 atom stereocenters. The number of hydrogen-bond donors (Lipinski definition) is 3. The van der Waals surface area contributed by atoms with Gasteiger partial charge in [-0.1, -0.05) is 31.1 Å². The third kappa shape index (κ3) is 6.13. The Labute approximate surface area is 160 Å². The van der Waals surface area contributed by atoms with Gasteiger partial charge in [-0.15, -0.1) is 0 Å². The minimum Gasteiger partial charge on any atom is -0.361 e. The quantitative estimate of drug-likeness (QED) is 0.490. The number of hydrogen-bond acceptors (Lipinski definition) is 4. The van der Waals surface area contributed by atoms with Crippen LogP contribution in [0.4, 0.5) is 5.69 Å². The molecule has 1 aromatic heterocycles. The number of aliphatic imine (C=N–C) groups is 1. The maximum atomic E-state index is 11.1. The maximum Gasteiger partial charge on any atom is 0.221 e. The van der Waals surface area contributed by atoms with Gasteiger partial charge in [0.1, 0.15) is 5.76 Å². The number of nitrogens with zero attached hydrogens (tertiary/aromatic N) is 2. The van der Waals surface area contributed by atoms with E-state index in [2.05, 4.69) is 39.9 Å². The first-order valence-corrected chi connectivity index (χ1v) is 9.34. The molecule has 0 saturated carbocycles. The summed E-state index contributed by atoms with van der Waals surface area (Å²) in [6, 6.07) is 7.85. The van der Waals surface area contributed by atoms with Crippen molar-refractivity contribution in [3.05, 3.63) is 46.8 Å². The molecule has 0 aliphatic rings. The number of aryl methyl sites for hydroxylation is 2. The van der Waals surface area contributed by atoms with Crippen molar-refractivity contribution in [3.8, 4) is 0 Å². The Morgan fingerprint density at radius 1 is 1.15 bits per heavy atom. The molecule has 0 bridgehead atoms. The summed E-state index contributed by atoms with van der Waals surface area (Å²) in [7, 11) is 1.76. The van der Waals surface area contributed by atoms with E-state index in [0.29, 0.717) is 6.54 Å². The molecule has 3 N–H and O–H groups in total. The van der Waals surface area contributed by atoms with Gasteiger partial charge >= 0.3 is 0 Å². The fourth-order valence-electron chi connectivity index (χ4n) is 2.81. The average Bonchev–Trinajstić information content (AvgIpc) is 3.07. The van der Waals surface area contributed by atoms with Gasteiger partial charge in [-0.05, 0) is 30.5 Å². The van der Waals surface area contributed by atoms with Crippen molar-refractivity contribution in [2.45, 2.75) is 46.6 Å². The summed E-state index contributed by atoms with van der Waals surface area (Å²) < 4.78 is 5.40. The molecule has 1 aromatic carbocycles. The molecule has 0 saturated heterocycles. The van der Waals surface area contributed by atoms with E-state index in [1.54, 1.807) is 7.05 Å².